The fraction of sp³-hybridized carbons (Fsp3) is 0.462. The van der Waals surface area contributed by atoms with Crippen molar-refractivity contribution in [2.45, 2.75) is 55.8 Å². The summed E-state index contributed by atoms with van der Waals surface area (Å²) in [6.45, 7) is 3.19. The SMILES string of the molecule is CCC1Nc2ccc(CNC(=O)NCC(=O)N3CCC[C@@H]3c3ccccc3SC)cc2OC[C@H]1O. The molecule has 1 unspecified atom stereocenters. The Morgan fingerprint density at radius 3 is 2.86 bits per heavy atom. The van der Waals surface area contributed by atoms with E-state index >= 15 is 0 Å². The Hall–Kier alpha value is -2.91. The summed E-state index contributed by atoms with van der Waals surface area (Å²) in [5, 5.41) is 19.0. The molecule has 8 nitrogen and oxygen atoms in total. The molecule has 0 aromatic heterocycles. The first-order chi connectivity index (χ1) is 17.0. The van der Waals surface area contributed by atoms with Gasteiger partial charge in [0.05, 0.1) is 24.3 Å². The Morgan fingerprint density at radius 1 is 1.23 bits per heavy atom. The van der Waals surface area contributed by atoms with E-state index in [1.165, 1.54) is 10.5 Å². The monoisotopic (exact) mass is 498 g/mol. The molecule has 9 heteroatoms. The molecule has 1 fully saturated rings. The van der Waals surface area contributed by atoms with Gasteiger partial charge in [0.25, 0.3) is 0 Å². The highest BCUT2D eigenvalue weighted by Gasteiger charge is 2.31. The third-order valence-electron chi connectivity index (χ3n) is 6.63. The van der Waals surface area contributed by atoms with E-state index in [2.05, 4.69) is 28.1 Å². The molecular formula is C26H34N4O4S. The number of rotatable bonds is 7. The van der Waals surface area contributed by atoms with E-state index in [0.717, 1.165) is 30.5 Å². The number of hydrogen-bond acceptors (Lipinski definition) is 6. The lowest BCUT2D eigenvalue weighted by Gasteiger charge is -2.26. The highest BCUT2D eigenvalue weighted by molar-refractivity contribution is 7.98. The largest absolute Gasteiger partial charge is 0.489 e. The van der Waals surface area contributed by atoms with Crippen molar-refractivity contribution in [1.82, 2.24) is 15.5 Å². The second-order valence-electron chi connectivity index (χ2n) is 8.89. The highest BCUT2D eigenvalue weighted by atomic mass is 32.2. The van der Waals surface area contributed by atoms with Crippen LogP contribution in [0, 0.1) is 0 Å². The Labute approximate surface area is 210 Å². The summed E-state index contributed by atoms with van der Waals surface area (Å²) in [5.74, 6) is 0.576. The number of benzene rings is 2. The lowest BCUT2D eigenvalue weighted by molar-refractivity contribution is -0.131. The molecule has 2 heterocycles. The van der Waals surface area contributed by atoms with Gasteiger partial charge in [-0.3, -0.25) is 4.79 Å². The number of urea groups is 1. The maximum atomic E-state index is 12.9. The molecule has 0 spiro atoms. The van der Waals surface area contributed by atoms with Gasteiger partial charge in [0, 0.05) is 18.0 Å². The first-order valence-electron chi connectivity index (χ1n) is 12.1. The molecule has 4 N–H and O–H groups in total. The van der Waals surface area contributed by atoms with Gasteiger partial charge in [-0.1, -0.05) is 31.2 Å². The van der Waals surface area contributed by atoms with E-state index in [-0.39, 0.29) is 31.1 Å². The van der Waals surface area contributed by atoms with Gasteiger partial charge < -0.3 is 30.7 Å². The molecular weight excluding hydrogens is 464 g/mol. The van der Waals surface area contributed by atoms with Gasteiger partial charge in [0.2, 0.25) is 5.91 Å². The maximum Gasteiger partial charge on any atom is 0.315 e. The first kappa shape index (κ1) is 25.2. The van der Waals surface area contributed by atoms with Crippen molar-refractivity contribution >= 4 is 29.4 Å². The molecule has 0 radical (unpaired) electrons. The van der Waals surface area contributed by atoms with Gasteiger partial charge in [-0.25, -0.2) is 4.79 Å². The topological polar surface area (TPSA) is 103 Å². The van der Waals surface area contributed by atoms with Crippen LogP contribution in [-0.2, 0) is 11.3 Å². The molecule has 188 valence electrons. The second-order valence-corrected chi connectivity index (χ2v) is 9.74. The van der Waals surface area contributed by atoms with E-state index in [9.17, 15) is 14.7 Å². The lowest BCUT2D eigenvalue weighted by atomic mass is 10.0. The smallest absolute Gasteiger partial charge is 0.315 e. The molecule has 1 saturated heterocycles. The Kier molecular flexibility index (Phi) is 8.41. The third-order valence-corrected chi connectivity index (χ3v) is 7.44. The van der Waals surface area contributed by atoms with Gasteiger partial charge in [-0.05, 0) is 54.8 Å². The lowest BCUT2D eigenvalue weighted by Crippen LogP contribution is -2.43. The van der Waals surface area contributed by atoms with E-state index in [0.29, 0.717) is 18.8 Å². The van der Waals surface area contributed by atoms with Crippen molar-refractivity contribution < 1.29 is 19.4 Å². The summed E-state index contributed by atoms with van der Waals surface area (Å²) in [6.07, 6.45) is 4.14. The van der Waals surface area contributed by atoms with Gasteiger partial charge >= 0.3 is 6.03 Å². The van der Waals surface area contributed by atoms with Crippen LogP contribution in [0.2, 0.25) is 0 Å². The number of nitrogens with one attached hydrogen (secondary N) is 3. The minimum absolute atomic E-state index is 0.0444. The molecule has 2 aliphatic heterocycles. The van der Waals surface area contributed by atoms with Crippen molar-refractivity contribution in [1.29, 1.82) is 0 Å². The number of amides is 3. The number of fused-ring (bicyclic) bond motifs is 1. The zero-order valence-corrected chi connectivity index (χ0v) is 21.1. The van der Waals surface area contributed by atoms with Gasteiger partial charge in [0.15, 0.2) is 0 Å². The maximum absolute atomic E-state index is 12.9. The fourth-order valence-corrected chi connectivity index (χ4v) is 5.36. The first-order valence-corrected chi connectivity index (χ1v) is 13.4. The minimum atomic E-state index is -0.582. The number of ether oxygens (including phenoxy) is 1. The third kappa shape index (κ3) is 6.02. The standard InChI is InChI=1S/C26H34N4O4S/c1-3-19-22(31)16-34-23-13-17(10-11-20(23)29-19)14-27-26(33)28-15-25(32)30-12-6-8-21(30)18-7-4-5-9-24(18)35-2/h4-5,7,9-11,13,19,21-22,29,31H,3,6,8,12,14-16H2,1-2H3,(H2,27,28,33)/t19?,21-,22-/m1/s1. The zero-order valence-electron chi connectivity index (χ0n) is 20.3. The molecule has 3 atom stereocenters. The number of carbonyl (C=O) groups excluding carboxylic acids is 2. The average molecular weight is 499 g/mol. The van der Waals surface area contributed by atoms with Crippen LogP contribution >= 0.6 is 11.8 Å². The summed E-state index contributed by atoms with van der Waals surface area (Å²) >= 11 is 1.69. The Balaban J connectivity index is 1.28. The van der Waals surface area contributed by atoms with Crippen LogP contribution in [0.4, 0.5) is 10.5 Å². The van der Waals surface area contributed by atoms with Crippen LogP contribution in [0.1, 0.15) is 43.4 Å². The van der Waals surface area contributed by atoms with Crippen molar-refractivity contribution in [3.05, 3.63) is 53.6 Å². The summed E-state index contributed by atoms with van der Waals surface area (Å²) in [6, 6.07) is 13.5. The van der Waals surface area contributed by atoms with Crippen molar-refractivity contribution in [2.75, 3.05) is 31.3 Å². The zero-order chi connectivity index (χ0) is 24.8. The second kappa shape index (κ2) is 11.7. The molecule has 2 aliphatic rings. The highest BCUT2D eigenvalue weighted by Crippen LogP contribution is 2.36. The number of hydrogen-bond donors (Lipinski definition) is 4. The molecule has 35 heavy (non-hydrogen) atoms. The molecule has 0 bridgehead atoms. The quantitative estimate of drug-likeness (QED) is 0.436. The predicted octanol–water partition coefficient (Wildman–Crippen LogP) is 3.52. The van der Waals surface area contributed by atoms with Crippen LogP contribution in [0.15, 0.2) is 47.4 Å². The van der Waals surface area contributed by atoms with E-state index in [1.807, 2.05) is 48.4 Å². The van der Waals surface area contributed by atoms with Crippen molar-refractivity contribution in [3.63, 3.8) is 0 Å². The van der Waals surface area contributed by atoms with Crippen LogP contribution in [0.3, 0.4) is 0 Å². The number of aliphatic hydroxyl groups is 1. The van der Waals surface area contributed by atoms with Crippen LogP contribution in [0.25, 0.3) is 0 Å². The van der Waals surface area contributed by atoms with Gasteiger partial charge in [0.1, 0.15) is 18.5 Å². The number of likely N-dealkylation sites (tertiary alicyclic amines) is 1. The normalized spacial score (nSPS) is 21.3. The predicted molar refractivity (Wildman–Crippen MR) is 138 cm³/mol. The Bertz CT molecular complexity index is 1050. The van der Waals surface area contributed by atoms with Crippen LogP contribution in [0.5, 0.6) is 5.75 Å². The molecule has 0 saturated carbocycles. The average Bonchev–Trinajstić information content (AvgIpc) is 3.32. The minimum Gasteiger partial charge on any atom is -0.489 e. The van der Waals surface area contributed by atoms with E-state index < -0.39 is 12.1 Å². The number of nitrogens with zero attached hydrogens (tertiary/aromatic N) is 1. The van der Waals surface area contributed by atoms with Gasteiger partial charge in [-0.15, -0.1) is 11.8 Å². The summed E-state index contributed by atoms with van der Waals surface area (Å²) in [4.78, 5) is 28.4. The molecule has 3 amide bonds. The summed E-state index contributed by atoms with van der Waals surface area (Å²) < 4.78 is 5.75. The fourth-order valence-electron chi connectivity index (χ4n) is 4.71. The molecule has 4 rings (SSSR count). The van der Waals surface area contributed by atoms with Crippen molar-refractivity contribution in [2.24, 2.45) is 0 Å². The summed E-state index contributed by atoms with van der Waals surface area (Å²) in [5.41, 5.74) is 2.87. The molecule has 0 aliphatic carbocycles. The van der Waals surface area contributed by atoms with Crippen LogP contribution < -0.4 is 20.7 Å². The Morgan fingerprint density at radius 2 is 2.06 bits per heavy atom. The van der Waals surface area contributed by atoms with Crippen LogP contribution in [-0.4, -0.2) is 60.0 Å². The number of anilines is 1. The number of carbonyl (C=O) groups is 2. The van der Waals surface area contributed by atoms with Crippen molar-refractivity contribution in [3.8, 4) is 5.75 Å². The number of aliphatic hydroxyl groups excluding tert-OH is 1. The summed E-state index contributed by atoms with van der Waals surface area (Å²) in [7, 11) is 0. The van der Waals surface area contributed by atoms with Gasteiger partial charge in [-0.2, -0.15) is 0 Å². The van der Waals surface area contributed by atoms with E-state index in [1.54, 1.807) is 11.8 Å². The molecule has 2 aromatic rings. The van der Waals surface area contributed by atoms with E-state index in [4.69, 9.17) is 4.74 Å². The molecule has 2 aromatic carbocycles. The number of thioether (sulfide) groups is 1.